The van der Waals surface area contributed by atoms with Crippen molar-refractivity contribution in [2.24, 2.45) is 0 Å². The maximum atomic E-state index is 9.90. The van der Waals surface area contributed by atoms with Gasteiger partial charge in [-0.25, -0.2) is 0 Å². The maximum absolute atomic E-state index is 9.90. The Morgan fingerprint density at radius 1 is 1.00 bits per heavy atom. The molecular weight excluding hydrogens is 212 g/mol. The fourth-order valence-corrected chi connectivity index (χ4v) is 3.01. The van der Waals surface area contributed by atoms with Crippen molar-refractivity contribution in [1.29, 1.82) is 0 Å². The summed E-state index contributed by atoms with van der Waals surface area (Å²) in [6.45, 7) is 0. The molecule has 3 rings (SSSR count). The molecule has 0 spiro atoms. The Balaban J connectivity index is 1.72. The van der Waals surface area contributed by atoms with Crippen LogP contribution in [0.2, 0.25) is 0 Å². The summed E-state index contributed by atoms with van der Waals surface area (Å²) in [4.78, 5) is 0. The highest BCUT2D eigenvalue weighted by molar-refractivity contribution is 5.38. The zero-order valence-electron chi connectivity index (χ0n) is 10.2. The third-order valence-corrected chi connectivity index (χ3v) is 4.03. The number of rotatable bonds is 2. The van der Waals surface area contributed by atoms with Gasteiger partial charge in [-0.05, 0) is 61.8 Å². The molecule has 0 aliphatic heterocycles. The average Bonchev–Trinajstić information content (AvgIpc) is 2.79. The molecule has 1 fully saturated rings. The number of aryl methyl sites for hydroxylation is 2. The van der Waals surface area contributed by atoms with Crippen LogP contribution in [0.25, 0.3) is 0 Å². The topological polar surface area (TPSA) is 29.5 Å². The van der Waals surface area contributed by atoms with Gasteiger partial charge in [-0.1, -0.05) is 12.5 Å². The molecule has 2 atom stereocenters. The molecule has 0 heterocycles. The third kappa shape index (κ3) is 2.32. The molecule has 0 saturated heterocycles. The summed E-state index contributed by atoms with van der Waals surface area (Å²) in [7, 11) is 0. The van der Waals surface area contributed by atoms with Crippen molar-refractivity contribution in [2.45, 2.75) is 57.2 Å². The van der Waals surface area contributed by atoms with E-state index in [1.165, 1.54) is 36.8 Å². The van der Waals surface area contributed by atoms with Gasteiger partial charge in [-0.2, -0.15) is 0 Å². The SMILES string of the molecule is O[C@@H]1CCCC[C@H]1Oc1ccc2c(c1)CCC2. The molecule has 2 nitrogen and oxygen atoms in total. The minimum absolute atomic E-state index is 0.00297. The molecule has 2 aliphatic carbocycles. The Kier molecular flexibility index (Phi) is 3.06. The number of ether oxygens (including phenoxy) is 1. The van der Waals surface area contributed by atoms with Gasteiger partial charge in [0.25, 0.3) is 0 Å². The molecule has 0 unspecified atom stereocenters. The molecule has 92 valence electrons. The van der Waals surface area contributed by atoms with Crippen LogP contribution in [0.5, 0.6) is 5.75 Å². The molecule has 17 heavy (non-hydrogen) atoms. The smallest absolute Gasteiger partial charge is 0.124 e. The summed E-state index contributed by atoms with van der Waals surface area (Å²) >= 11 is 0. The zero-order valence-corrected chi connectivity index (χ0v) is 10.2. The van der Waals surface area contributed by atoms with E-state index < -0.39 is 0 Å². The summed E-state index contributed by atoms with van der Waals surface area (Å²) in [5.74, 6) is 0.941. The van der Waals surface area contributed by atoms with Gasteiger partial charge in [-0.15, -0.1) is 0 Å². The Morgan fingerprint density at radius 3 is 2.71 bits per heavy atom. The summed E-state index contributed by atoms with van der Waals surface area (Å²) in [6.07, 6.45) is 7.55. The van der Waals surface area contributed by atoms with Crippen molar-refractivity contribution >= 4 is 0 Å². The number of aliphatic hydroxyl groups is 1. The van der Waals surface area contributed by atoms with Crippen molar-refractivity contribution in [3.8, 4) is 5.75 Å². The van der Waals surface area contributed by atoms with E-state index in [9.17, 15) is 5.11 Å². The fourth-order valence-electron chi connectivity index (χ4n) is 3.01. The van der Waals surface area contributed by atoms with Crippen LogP contribution in [0, 0.1) is 0 Å². The van der Waals surface area contributed by atoms with E-state index in [0.717, 1.165) is 25.0 Å². The Morgan fingerprint density at radius 2 is 1.82 bits per heavy atom. The molecular formula is C15H20O2. The minimum atomic E-state index is -0.281. The number of aliphatic hydroxyl groups excluding tert-OH is 1. The standard InChI is InChI=1S/C15H20O2/c16-14-6-1-2-7-15(14)17-13-9-8-11-4-3-5-12(11)10-13/h8-10,14-16H,1-7H2/t14-,15-/m1/s1. The van der Waals surface area contributed by atoms with E-state index in [4.69, 9.17) is 4.74 Å². The van der Waals surface area contributed by atoms with Crippen LogP contribution in [0.1, 0.15) is 43.2 Å². The molecule has 2 heteroatoms. The number of hydrogen-bond donors (Lipinski definition) is 1. The summed E-state index contributed by atoms with van der Waals surface area (Å²) < 4.78 is 5.94. The highest BCUT2D eigenvalue weighted by Gasteiger charge is 2.25. The first kappa shape index (κ1) is 11.1. The first-order valence-electron chi connectivity index (χ1n) is 6.79. The summed E-state index contributed by atoms with van der Waals surface area (Å²) in [5.41, 5.74) is 2.91. The van der Waals surface area contributed by atoms with E-state index in [1.54, 1.807) is 0 Å². The van der Waals surface area contributed by atoms with Crippen molar-refractivity contribution < 1.29 is 9.84 Å². The summed E-state index contributed by atoms with van der Waals surface area (Å²) in [5, 5.41) is 9.90. The quantitative estimate of drug-likeness (QED) is 0.849. The van der Waals surface area contributed by atoms with Gasteiger partial charge >= 0.3 is 0 Å². The highest BCUT2D eigenvalue weighted by atomic mass is 16.5. The van der Waals surface area contributed by atoms with Crippen LogP contribution in [0.15, 0.2) is 18.2 Å². The molecule has 1 aromatic rings. The van der Waals surface area contributed by atoms with Crippen LogP contribution in [0.4, 0.5) is 0 Å². The first-order valence-corrected chi connectivity index (χ1v) is 6.79. The van der Waals surface area contributed by atoms with Crippen LogP contribution in [0.3, 0.4) is 0 Å². The second-order valence-corrected chi connectivity index (χ2v) is 5.29. The molecule has 0 bridgehead atoms. The largest absolute Gasteiger partial charge is 0.488 e. The lowest BCUT2D eigenvalue weighted by Gasteiger charge is -2.28. The number of hydrogen-bond acceptors (Lipinski definition) is 2. The van der Waals surface area contributed by atoms with Crippen molar-refractivity contribution in [1.82, 2.24) is 0 Å². The zero-order chi connectivity index (χ0) is 11.7. The van der Waals surface area contributed by atoms with Crippen LogP contribution in [-0.2, 0) is 12.8 Å². The Bertz CT molecular complexity index is 400. The van der Waals surface area contributed by atoms with Crippen molar-refractivity contribution in [3.63, 3.8) is 0 Å². The molecule has 0 aromatic heterocycles. The van der Waals surface area contributed by atoms with E-state index in [1.807, 2.05) is 0 Å². The molecule has 1 N–H and O–H groups in total. The predicted octanol–water partition coefficient (Wildman–Crippen LogP) is 2.86. The van der Waals surface area contributed by atoms with Crippen LogP contribution < -0.4 is 4.74 Å². The van der Waals surface area contributed by atoms with E-state index in [-0.39, 0.29) is 12.2 Å². The lowest BCUT2D eigenvalue weighted by Crippen LogP contribution is -2.34. The minimum Gasteiger partial charge on any atom is -0.488 e. The average molecular weight is 232 g/mol. The third-order valence-electron chi connectivity index (χ3n) is 4.03. The van der Waals surface area contributed by atoms with Gasteiger partial charge in [0, 0.05) is 0 Å². The second-order valence-electron chi connectivity index (χ2n) is 5.29. The number of fused-ring (bicyclic) bond motifs is 1. The maximum Gasteiger partial charge on any atom is 0.124 e. The second kappa shape index (κ2) is 4.69. The lowest BCUT2D eigenvalue weighted by atomic mass is 9.95. The van der Waals surface area contributed by atoms with E-state index >= 15 is 0 Å². The monoisotopic (exact) mass is 232 g/mol. The van der Waals surface area contributed by atoms with Gasteiger partial charge in [0.15, 0.2) is 0 Å². The van der Waals surface area contributed by atoms with Crippen molar-refractivity contribution in [2.75, 3.05) is 0 Å². The highest BCUT2D eigenvalue weighted by Crippen LogP contribution is 2.29. The first-order chi connectivity index (χ1) is 8.33. The van der Waals surface area contributed by atoms with Gasteiger partial charge < -0.3 is 9.84 Å². The van der Waals surface area contributed by atoms with Crippen molar-refractivity contribution in [3.05, 3.63) is 29.3 Å². The molecule has 0 radical (unpaired) electrons. The molecule has 1 saturated carbocycles. The van der Waals surface area contributed by atoms with E-state index in [0.29, 0.717) is 0 Å². The van der Waals surface area contributed by atoms with Gasteiger partial charge in [-0.3, -0.25) is 0 Å². The van der Waals surface area contributed by atoms with Gasteiger partial charge in [0.05, 0.1) is 6.10 Å². The fraction of sp³-hybridized carbons (Fsp3) is 0.600. The molecule has 1 aromatic carbocycles. The predicted molar refractivity (Wildman–Crippen MR) is 67.4 cm³/mol. The van der Waals surface area contributed by atoms with Crippen LogP contribution in [-0.4, -0.2) is 17.3 Å². The van der Waals surface area contributed by atoms with E-state index in [2.05, 4.69) is 18.2 Å². The normalized spacial score (nSPS) is 27.8. The Labute approximate surface area is 103 Å². The van der Waals surface area contributed by atoms with Gasteiger partial charge in [0.2, 0.25) is 0 Å². The summed E-state index contributed by atoms with van der Waals surface area (Å²) in [6, 6.07) is 6.42. The lowest BCUT2D eigenvalue weighted by molar-refractivity contribution is 0.00684. The van der Waals surface area contributed by atoms with Crippen LogP contribution >= 0.6 is 0 Å². The number of benzene rings is 1. The Hall–Kier alpha value is -1.02. The van der Waals surface area contributed by atoms with Gasteiger partial charge in [0.1, 0.15) is 11.9 Å². The molecule has 0 amide bonds. The molecule has 2 aliphatic rings.